The van der Waals surface area contributed by atoms with Crippen LogP contribution in [0.15, 0.2) is 27.2 Å². The Labute approximate surface area is 124 Å². The number of aromatic nitrogens is 2. The second kappa shape index (κ2) is 6.92. The molecule has 108 valence electrons. The maximum Gasteiger partial charge on any atom is 0.228 e. The van der Waals surface area contributed by atoms with Gasteiger partial charge in [-0.05, 0) is 41.2 Å². The van der Waals surface area contributed by atoms with Crippen molar-refractivity contribution in [3.63, 3.8) is 0 Å². The van der Waals surface area contributed by atoms with E-state index in [-0.39, 0.29) is 11.9 Å². The van der Waals surface area contributed by atoms with Crippen LogP contribution in [0.25, 0.3) is 11.4 Å². The second-order valence-corrected chi connectivity index (χ2v) is 5.14. The van der Waals surface area contributed by atoms with Crippen molar-refractivity contribution in [1.82, 2.24) is 15.5 Å². The van der Waals surface area contributed by atoms with E-state index in [1.54, 1.807) is 13.2 Å². The quantitative estimate of drug-likeness (QED) is 0.872. The maximum absolute atomic E-state index is 13.1. The molecule has 1 unspecified atom stereocenters. The van der Waals surface area contributed by atoms with Gasteiger partial charge in [-0.1, -0.05) is 5.16 Å². The molecule has 0 aliphatic heterocycles. The summed E-state index contributed by atoms with van der Waals surface area (Å²) in [5.74, 6) is 0.617. The number of hydrogen-bond acceptors (Lipinski definition) is 5. The lowest BCUT2D eigenvalue weighted by atomic mass is 10.2. The minimum Gasteiger partial charge on any atom is -0.383 e. The fourth-order valence-corrected chi connectivity index (χ4v) is 2.30. The second-order valence-electron chi connectivity index (χ2n) is 4.28. The topological polar surface area (TPSA) is 60.2 Å². The summed E-state index contributed by atoms with van der Waals surface area (Å²) in [5.41, 5.74) is 0.689. The van der Waals surface area contributed by atoms with Gasteiger partial charge in [0.2, 0.25) is 11.7 Å². The molecule has 0 radical (unpaired) electrons. The highest BCUT2D eigenvalue weighted by atomic mass is 79.9. The van der Waals surface area contributed by atoms with Crippen molar-refractivity contribution in [3.05, 3.63) is 34.4 Å². The summed E-state index contributed by atoms with van der Waals surface area (Å²) in [4.78, 5) is 4.32. The fraction of sp³-hybridized carbons (Fsp3) is 0.385. The molecule has 0 fully saturated rings. The Morgan fingerprint density at radius 1 is 1.50 bits per heavy atom. The first-order valence-corrected chi connectivity index (χ1v) is 6.87. The lowest BCUT2D eigenvalue weighted by Crippen LogP contribution is -2.32. The molecule has 0 bridgehead atoms. The van der Waals surface area contributed by atoms with E-state index in [0.717, 1.165) is 0 Å². The van der Waals surface area contributed by atoms with Crippen molar-refractivity contribution < 1.29 is 13.7 Å². The molecule has 0 aliphatic rings. The van der Waals surface area contributed by atoms with Gasteiger partial charge < -0.3 is 14.6 Å². The number of methoxy groups -OCH3 is 1. The number of hydrogen-bond donors (Lipinski definition) is 1. The summed E-state index contributed by atoms with van der Waals surface area (Å²) in [6.45, 7) is 0.550. The van der Waals surface area contributed by atoms with Crippen molar-refractivity contribution in [1.29, 1.82) is 0 Å². The van der Waals surface area contributed by atoms with Crippen molar-refractivity contribution in [2.24, 2.45) is 0 Å². The molecule has 20 heavy (non-hydrogen) atoms. The van der Waals surface area contributed by atoms with Gasteiger partial charge in [0.1, 0.15) is 5.82 Å². The van der Waals surface area contributed by atoms with Gasteiger partial charge in [0.05, 0.1) is 6.61 Å². The third-order valence-corrected chi connectivity index (χ3v) is 3.49. The van der Waals surface area contributed by atoms with Crippen LogP contribution in [0.2, 0.25) is 0 Å². The van der Waals surface area contributed by atoms with E-state index in [9.17, 15) is 4.39 Å². The highest BCUT2D eigenvalue weighted by Crippen LogP contribution is 2.26. The van der Waals surface area contributed by atoms with E-state index in [2.05, 4.69) is 31.4 Å². The van der Waals surface area contributed by atoms with Crippen LogP contribution >= 0.6 is 15.9 Å². The van der Waals surface area contributed by atoms with Crippen LogP contribution in [0.1, 0.15) is 5.89 Å². The zero-order valence-corrected chi connectivity index (χ0v) is 12.8. The first-order valence-electron chi connectivity index (χ1n) is 6.08. The minimum absolute atomic E-state index is 0.102. The number of rotatable bonds is 6. The lowest BCUT2D eigenvalue weighted by Gasteiger charge is -2.11. The molecule has 5 nitrogen and oxygen atoms in total. The van der Waals surface area contributed by atoms with Gasteiger partial charge in [-0.3, -0.25) is 0 Å². The summed E-state index contributed by atoms with van der Waals surface area (Å²) >= 11 is 3.29. The van der Waals surface area contributed by atoms with Gasteiger partial charge in [-0.25, -0.2) is 4.39 Å². The molecular weight excluding hydrogens is 329 g/mol. The Bertz CT molecular complexity index is 576. The molecule has 1 atom stereocenters. The van der Waals surface area contributed by atoms with E-state index >= 15 is 0 Å². The van der Waals surface area contributed by atoms with E-state index in [0.29, 0.717) is 34.8 Å². The van der Waals surface area contributed by atoms with Crippen LogP contribution in [-0.4, -0.2) is 36.9 Å². The van der Waals surface area contributed by atoms with Gasteiger partial charge in [-0.15, -0.1) is 0 Å². The number of halogens is 2. The van der Waals surface area contributed by atoms with Crippen LogP contribution in [0, 0.1) is 5.82 Å². The molecule has 1 aromatic heterocycles. The third kappa shape index (κ3) is 3.62. The number of nitrogens with zero attached hydrogens (tertiary/aromatic N) is 2. The van der Waals surface area contributed by atoms with Gasteiger partial charge in [0, 0.05) is 29.6 Å². The summed E-state index contributed by atoms with van der Waals surface area (Å²) in [7, 11) is 3.48. The Hall–Kier alpha value is -1.31. The highest BCUT2D eigenvalue weighted by Gasteiger charge is 2.15. The van der Waals surface area contributed by atoms with Crippen LogP contribution in [0.4, 0.5) is 4.39 Å². The zero-order chi connectivity index (χ0) is 14.5. The molecule has 0 saturated heterocycles. The highest BCUT2D eigenvalue weighted by molar-refractivity contribution is 9.10. The minimum atomic E-state index is -0.320. The van der Waals surface area contributed by atoms with Crippen LogP contribution in [-0.2, 0) is 11.2 Å². The molecule has 2 aromatic rings. The van der Waals surface area contributed by atoms with Gasteiger partial charge in [0.25, 0.3) is 0 Å². The van der Waals surface area contributed by atoms with E-state index in [4.69, 9.17) is 9.26 Å². The number of nitrogens with one attached hydrogen (secondary N) is 1. The van der Waals surface area contributed by atoms with Crippen molar-refractivity contribution >= 4 is 15.9 Å². The molecule has 1 aromatic carbocycles. The molecule has 0 amide bonds. The summed E-state index contributed by atoms with van der Waals surface area (Å²) in [5, 5.41) is 7.02. The molecule has 2 rings (SSSR count). The van der Waals surface area contributed by atoms with Crippen molar-refractivity contribution in [2.45, 2.75) is 12.5 Å². The van der Waals surface area contributed by atoms with Crippen molar-refractivity contribution in [2.75, 3.05) is 20.8 Å². The van der Waals surface area contributed by atoms with Gasteiger partial charge in [-0.2, -0.15) is 4.98 Å². The predicted molar refractivity (Wildman–Crippen MR) is 75.8 cm³/mol. The first kappa shape index (κ1) is 15.1. The van der Waals surface area contributed by atoms with Crippen LogP contribution in [0.5, 0.6) is 0 Å². The number of ether oxygens (including phenoxy) is 1. The number of benzene rings is 1. The average molecular weight is 344 g/mol. The molecule has 7 heteroatoms. The molecular formula is C13H15BrFN3O2. The van der Waals surface area contributed by atoms with E-state index < -0.39 is 0 Å². The average Bonchev–Trinajstić information content (AvgIpc) is 2.86. The Kier molecular flexibility index (Phi) is 5.22. The number of likely N-dealkylation sites (N-methyl/N-ethyl adjacent to an activating group) is 1. The molecule has 1 heterocycles. The van der Waals surface area contributed by atoms with Gasteiger partial charge >= 0.3 is 0 Å². The largest absolute Gasteiger partial charge is 0.383 e. The normalized spacial score (nSPS) is 12.6. The maximum atomic E-state index is 13.1. The standard InChI is InChI=1S/C13H15BrFN3O2/c1-16-9(7-19-2)6-12-17-13(18-20-12)10-4-3-8(15)5-11(10)14/h3-5,9,16H,6-7H2,1-2H3. The fourth-order valence-electron chi connectivity index (χ4n) is 1.77. The summed E-state index contributed by atoms with van der Waals surface area (Å²) < 4.78 is 23.9. The Morgan fingerprint density at radius 3 is 2.95 bits per heavy atom. The van der Waals surface area contributed by atoms with E-state index in [1.165, 1.54) is 12.1 Å². The Morgan fingerprint density at radius 2 is 2.30 bits per heavy atom. The third-order valence-electron chi connectivity index (χ3n) is 2.84. The summed E-state index contributed by atoms with van der Waals surface area (Å²) in [6, 6.07) is 4.44. The smallest absolute Gasteiger partial charge is 0.228 e. The monoisotopic (exact) mass is 343 g/mol. The van der Waals surface area contributed by atoms with E-state index in [1.807, 2.05) is 7.05 Å². The summed E-state index contributed by atoms with van der Waals surface area (Å²) in [6.07, 6.45) is 0.566. The van der Waals surface area contributed by atoms with Gasteiger partial charge in [0.15, 0.2) is 0 Å². The van der Waals surface area contributed by atoms with Crippen LogP contribution in [0.3, 0.4) is 0 Å². The predicted octanol–water partition coefficient (Wildman–Crippen LogP) is 2.42. The molecule has 0 aliphatic carbocycles. The first-order chi connectivity index (χ1) is 9.63. The zero-order valence-electron chi connectivity index (χ0n) is 11.2. The van der Waals surface area contributed by atoms with Crippen molar-refractivity contribution in [3.8, 4) is 11.4 Å². The lowest BCUT2D eigenvalue weighted by molar-refractivity contribution is 0.165. The van der Waals surface area contributed by atoms with Crippen LogP contribution < -0.4 is 5.32 Å². The molecule has 1 N–H and O–H groups in total. The molecule has 0 saturated carbocycles. The molecule has 0 spiro atoms. The Balaban J connectivity index is 2.16. The SMILES string of the molecule is CNC(COC)Cc1nc(-c2ccc(F)cc2Br)no1.